The van der Waals surface area contributed by atoms with Crippen molar-refractivity contribution in [2.75, 3.05) is 12.4 Å². The number of unbranched alkanes of at least 4 members (excludes halogenated alkanes) is 7. The zero-order valence-corrected chi connectivity index (χ0v) is 13.8. The summed E-state index contributed by atoms with van der Waals surface area (Å²) in [5, 5.41) is 0. The van der Waals surface area contributed by atoms with Gasteiger partial charge in [0.2, 0.25) is 0 Å². The van der Waals surface area contributed by atoms with Gasteiger partial charge < -0.3 is 14.7 Å². The molecule has 9 heteroatoms. The van der Waals surface area contributed by atoms with Crippen LogP contribution in [0.4, 0.5) is 0 Å². The average molecular weight is 331 g/mol. The third-order valence-electron chi connectivity index (χ3n) is 2.70. The van der Waals surface area contributed by atoms with Gasteiger partial charge in [0.1, 0.15) is 0 Å². The molecule has 0 aliphatic heterocycles. The lowest BCUT2D eigenvalue weighted by molar-refractivity contribution is 0.165. The molecule has 1 unspecified atom stereocenters. The van der Waals surface area contributed by atoms with E-state index in [0.29, 0.717) is 6.54 Å². The number of rotatable bonds is 13. The molecule has 0 heterocycles. The van der Waals surface area contributed by atoms with E-state index >= 15 is 0 Å². The molecule has 1 atom stereocenters. The first-order valence-corrected chi connectivity index (χ1v) is 10.6. The Bertz CT molecular complexity index is 333. The number of hydrogen-bond acceptors (Lipinski definition) is 4. The molecule has 4 N–H and O–H groups in total. The van der Waals surface area contributed by atoms with Crippen molar-refractivity contribution in [1.29, 1.82) is 0 Å². The van der Waals surface area contributed by atoms with Crippen LogP contribution >= 0.6 is 15.2 Å². The van der Waals surface area contributed by atoms with Gasteiger partial charge in [0.25, 0.3) is 0 Å². The molecule has 0 bridgehead atoms. The minimum Gasteiger partial charge on any atom is -0.324 e. The fraction of sp³-hybridized carbons (Fsp3) is 1.00. The van der Waals surface area contributed by atoms with Crippen LogP contribution in [0.1, 0.15) is 58.3 Å². The molecule has 0 aromatic rings. The topological polar surface area (TPSA) is 116 Å². The lowest BCUT2D eigenvalue weighted by Gasteiger charge is -2.12. The second kappa shape index (κ2) is 10.9. The third kappa shape index (κ3) is 14.7. The Morgan fingerprint density at radius 3 is 1.90 bits per heavy atom. The Labute approximate surface area is 120 Å². The maximum atomic E-state index is 11.2. The van der Waals surface area contributed by atoms with Crippen molar-refractivity contribution in [1.82, 2.24) is 5.48 Å². The van der Waals surface area contributed by atoms with Gasteiger partial charge in [0.15, 0.2) is 5.90 Å². The monoisotopic (exact) mass is 331 g/mol. The molecule has 0 aromatic heterocycles. The van der Waals surface area contributed by atoms with Crippen LogP contribution in [0.2, 0.25) is 0 Å². The van der Waals surface area contributed by atoms with Crippen molar-refractivity contribution in [3.05, 3.63) is 0 Å². The molecule has 0 spiro atoms. The number of hydroxylamine groups is 1. The molecule has 0 fully saturated rings. The molecular weight excluding hydrogens is 304 g/mol. The van der Waals surface area contributed by atoms with E-state index in [1.807, 2.05) is 0 Å². The quantitative estimate of drug-likeness (QED) is 0.233. The van der Waals surface area contributed by atoms with Gasteiger partial charge in [0.05, 0.1) is 0 Å². The second-order valence-electron chi connectivity index (χ2n) is 4.90. The predicted molar refractivity (Wildman–Crippen MR) is 78.4 cm³/mol. The van der Waals surface area contributed by atoms with E-state index < -0.39 is 21.1 Å². The number of hydrogen-bond donors (Lipinski definition) is 4. The highest BCUT2D eigenvalue weighted by molar-refractivity contribution is 7.69. The maximum Gasteiger partial charge on any atom is 0.356 e. The highest BCUT2D eigenvalue weighted by Gasteiger charge is 2.31. The minimum atomic E-state index is -4.55. The van der Waals surface area contributed by atoms with Crippen molar-refractivity contribution in [2.24, 2.45) is 0 Å². The summed E-state index contributed by atoms with van der Waals surface area (Å²) in [5.41, 5.74) is 2.30. The van der Waals surface area contributed by atoms with E-state index in [4.69, 9.17) is 14.7 Å². The fourth-order valence-electron chi connectivity index (χ4n) is 1.74. The van der Waals surface area contributed by atoms with Gasteiger partial charge in [-0.15, -0.1) is 0 Å². The predicted octanol–water partition coefficient (Wildman–Crippen LogP) is 2.97. The minimum absolute atomic E-state index is 0.390. The van der Waals surface area contributed by atoms with Gasteiger partial charge in [-0.2, -0.15) is 5.48 Å². The molecule has 0 aliphatic rings. The summed E-state index contributed by atoms with van der Waals surface area (Å²) >= 11 is 0. The van der Waals surface area contributed by atoms with Crippen LogP contribution in [0.25, 0.3) is 0 Å². The normalized spacial score (nSPS) is 15.2. The smallest absolute Gasteiger partial charge is 0.324 e. The summed E-state index contributed by atoms with van der Waals surface area (Å²) in [7, 11) is -8.81. The molecule has 7 nitrogen and oxygen atoms in total. The summed E-state index contributed by atoms with van der Waals surface area (Å²) in [6, 6.07) is 0. The van der Waals surface area contributed by atoms with Crippen molar-refractivity contribution < 1.29 is 28.4 Å². The van der Waals surface area contributed by atoms with Gasteiger partial charge in [-0.25, -0.2) is 4.62 Å². The lowest BCUT2D eigenvalue weighted by atomic mass is 10.1. The van der Waals surface area contributed by atoms with Gasteiger partial charge in [-0.05, 0) is 6.42 Å². The van der Waals surface area contributed by atoms with Gasteiger partial charge in [-0.3, -0.25) is 9.13 Å². The molecule has 0 amide bonds. The summed E-state index contributed by atoms with van der Waals surface area (Å²) in [6.45, 7) is 2.57. The first-order chi connectivity index (χ1) is 9.27. The van der Waals surface area contributed by atoms with Crippen LogP contribution in [-0.2, 0) is 13.8 Å². The standard InChI is InChI=1S/C11H27NO6P2/c1-2-3-4-5-6-7-8-9-10-12-18-20(16,17)11-19(13,14)15/h12H,2-11H2,1H3,(H,16,17)(H2,13,14,15). The first-order valence-electron chi connectivity index (χ1n) is 7.04. The van der Waals surface area contributed by atoms with E-state index in [-0.39, 0.29) is 0 Å². The summed E-state index contributed by atoms with van der Waals surface area (Å²) < 4.78 is 26.3. The maximum absolute atomic E-state index is 11.2. The van der Waals surface area contributed by atoms with E-state index in [2.05, 4.69) is 17.0 Å². The molecule has 0 rings (SSSR count). The Morgan fingerprint density at radius 1 is 0.900 bits per heavy atom. The largest absolute Gasteiger partial charge is 0.356 e. The molecular formula is C11H27NO6P2. The van der Waals surface area contributed by atoms with Crippen molar-refractivity contribution >= 4 is 15.2 Å². The van der Waals surface area contributed by atoms with Crippen molar-refractivity contribution in [3.63, 3.8) is 0 Å². The van der Waals surface area contributed by atoms with Gasteiger partial charge in [-0.1, -0.05) is 51.9 Å². The Kier molecular flexibility index (Phi) is 11.1. The molecule has 20 heavy (non-hydrogen) atoms. The highest BCUT2D eigenvalue weighted by Crippen LogP contribution is 2.54. The van der Waals surface area contributed by atoms with E-state index in [9.17, 15) is 9.13 Å². The molecule has 0 saturated carbocycles. The second-order valence-corrected chi connectivity index (χ2v) is 8.82. The van der Waals surface area contributed by atoms with Crippen LogP contribution < -0.4 is 5.48 Å². The van der Waals surface area contributed by atoms with Gasteiger partial charge in [0, 0.05) is 6.54 Å². The lowest BCUT2D eigenvalue weighted by Crippen LogP contribution is -2.15. The van der Waals surface area contributed by atoms with Crippen LogP contribution in [-0.4, -0.2) is 27.1 Å². The van der Waals surface area contributed by atoms with Crippen LogP contribution in [0.5, 0.6) is 0 Å². The van der Waals surface area contributed by atoms with Crippen molar-refractivity contribution in [2.45, 2.75) is 58.3 Å². The zero-order chi connectivity index (χ0) is 15.5. The highest BCUT2D eigenvalue weighted by atomic mass is 31.2. The van der Waals surface area contributed by atoms with E-state index in [1.54, 1.807) is 0 Å². The third-order valence-corrected chi connectivity index (χ3v) is 6.02. The van der Waals surface area contributed by atoms with Crippen LogP contribution in [0, 0.1) is 0 Å². The molecule has 0 saturated heterocycles. The summed E-state index contributed by atoms with van der Waals surface area (Å²) in [4.78, 5) is 26.3. The molecule has 0 aliphatic carbocycles. The SMILES string of the molecule is CCCCCCCCCCNOP(=O)(O)CP(=O)(O)O. The van der Waals surface area contributed by atoms with Crippen LogP contribution in [0.3, 0.4) is 0 Å². The number of nitrogens with one attached hydrogen (secondary N) is 1. The average Bonchev–Trinajstić information content (AvgIpc) is 2.28. The zero-order valence-electron chi connectivity index (χ0n) is 12.0. The molecule has 122 valence electrons. The molecule has 0 radical (unpaired) electrons. The first kappa shape index (κ1) is 20.3. The Hall–Kier alpha value is 0.260. The molecule has 0 aromatic carbocycles. The fourth-order valence-corrected chi connectivity index (χ4v) is 4.13. The van der Waals surface area contributed by atoms with E-state index in [1.165, 1.54) is 32.1 Å². The van der Waals surface area contributed by atoms with Gasteiger partial charge >= 0.3 is 15.2 Å². The summed E-state index contributed by atoms with van der Waals surface area (Å²) in [6.07, 6.45) is 9.13. The Balaban J connectivity index is 3.44. The van der Waals surface area contributed by atoms with E-state index in [0.717, 1.165) is 19.3 Å². The van der Waals surface area contributed by atoms with Crippen molar-refractivity contribution in [3.8, 4) is 0 Å². The van der Waals surface area contributed by atoms with Crippen LogP contribution in [0.15, 0.2) is 0 Å². The Morgan fingerprint density at radius 2 is 1.40 bits per heavy atom. The summed E-state index contributed by atoms with van der Waals surface area (Å²) in [5.74, 6) is -1.16.